The van der Waals surface area contributed by atoms with E-state index in [0.29, 0.717) is 24.2 Å². The predicted octanol–water partition coefficient (Wildman–Crippen LogP) is 14.8. The molecule has 13 atom stereocenters. The fraction of sp³-hybridized carbons (Fsp3) is 0.915. The highest BCUT2D eigenvalue weighted by molar-refractivity contribution is 8.19. The summed E-state index contributed by atoms with van der Waals surface area (Å²) in [5.41, 5.74) is 0.200. The second kappa shape index (κ2) is 27.1. The van der Waals surface area contributed by atoms with E-state index >= 15 is 0 Å². The average molecular weight is 1180 g/mol. The van der Waals surface area contributed by atoms with Crippen molar-refractivity contribution in [1.29, 1.82) is 0 Å². The molecule has 5 aliphatic rings. The maximum Gasteiger partial charge on any atom is 0.345 e. The molecule has 11 nitrogen and oxygen atoms in total. The molecule has 0 saturated carbocycles. The highest BCUT2D eigenvalue weighted by Gasteiger charge is 2.52. The average Bonchev–Trinajstić information content (AvgIpc) is 3.59. The molecule has 0 unspecified atom stereocenters. The molecule has 17 heteroatoms. The smallest absolute Gasteiger partial charge is 0.345 e. The van der Waals surface area contributed by atoms with Crippen LogP contribution in [0.15, 0.2) is 11.1 Å². The van der Waals surface area contributed by atoms with Crippen molar-refractivity contribution in [2.24, 2.45) is 35.5 Å². The van der Waals surface area contributed by atoms with E-state index in [4.69, 9.17) is 32.5 Å². The zero-order valence-electron chi connectivity index (χ0n) is 51.0. The molecule has 0 aromatic heterocycles. The van der Waals surface area contributed by atoms with Gasteiger partial charge in [0.15, 0.2) is 22.4 Å². The van der Waals surface area contributed by atoms with E-state index in [1.54, 1.807) is 7.11 Å². The van der Waals surface area contributed by atoms with Crippen molar-refractivity contribution in [3.8, 4) is 0 Å². The number of hydrogen-bond acceptors (Lipinski definition) is 15. The molecule has 440 valence electrons. The normalized spacial score (nSPS) is 29.1. The Kier molecular flexibility index (Phi) is 23.8. The molecule has 0 bridgehead atoms. The first-order valence-electron chi connectivity index (χ1n) is 29.3. The van der Waals surface area contributed by atoms with E-state index in [0.717, 1.165) is 62.9 Å². The molecular weight excluding hydrogens is 1070 g/mol. The third-order valence-corrected chi connectivity index (χ3v) is 35.5. The first-order valence-corrected chi connectivity index (χ1v) is 39.0. The number of carbonyl (C=O) groups is 3. The second-order valence-electron chi connectivity index (χ2n) is 27.3. The van der Waals surface area contributed by atoms with E-state index in [9.17, 15) is 19.5 Å². The van der Waals surface area contributed by atoms with E-state index in [1.165, 1.54) is 31.3 Å². The van der Waals surface area contributed by atoms with Gasteiger partial charge in [-0.15, -0.1) is 47.0 Å². The number of methoxy groups -OCH3 is 1. The molecule has 0 aliphatic carbocycles. The van der Waals surface area contributed by atoms with Gasteiger partial charge in [-0.1, -0.05) is 90.0 Å². The summed E-state index contributed by atoms with van der Waals surface area (Å²) in [5, 5.41) is 12.4. The summed E-state index contributed by atoms with van der Waals surface area (Å²) in [6, 6.07) is 0. The molecule has 1 spiro atoms. The zero-order valence-corrected chi connectivity index (χ0v) is 56.2. The van der Waals surface area contributed by atoms with Gasteiger partial charge in [0.2, 0.25) is 0 Å². The summed E-state index contributed by atoms with van der Waals surface area (Å²) >= 11 is 8.18. The van der Waals surface area contributed by atoms with Crippen LogP contribution in [-0.4, -0.2) is 126 Å². The van der Waals surface area contributed by atoms with Crippen molar-refractivity contribution in [3.05, 3.63) is 11.1 Å². The van der Waals surface area contributed by atoms with Crippen molar-refractivity contribution in [1.82, 2.24) is 0 Å². The molecule has 1 N–H and O–H groups in total. The van der Waals surface area contributed by atoms with E-state index in [2.05, 4.69) is 120 Å². The third kappa shape index (κ3) is 16.4. The Bertz CT molecular complexity index is 1960. The van der Waals surface area contributed by atoms with Gasteiger partial charge in [-0.2, -0.15) is 0 Å². The number of ether oxygens (including phenoxy) is 5. The fourth-order valence-corrected chi connectivity index (χ4v) is 21.1. The maximum atomic E-state index is 14.2. The minimum absolute atomic E-state index is 0.00778. The number of aliphatic hydroxyl groups excluding tert-OH is 1. The van der Waals surface area contributed by atoms with Crippen LogP contribution in [0.4, 0.5) is 0 Å². The lowest BCUT2D eigenvalue weighted by Crippen LogP contribution is -2.54. The van der Waals surface area contributed by atoms with Crippen LogP contribution in [-0.2, 0) is 46.9 Å². The lowest BCUT2D eigenvalue weighted by Gasteiger charge is -2.51. The van der Waals surface area contributed by atoms with E-state index < -0.39 is 68.8 Å². The Morgan fingerprint density at radius 2 is 1.33 bits per heavy atom. The van der Waals surface area contributed by atoms with Gasteiger partial charge >= 0.3 is 17.9 Å². The first-order chi connectivity index (χ1) is 35.1. The van der Waals surface area contributed by atoms with E-state index in [-0.39, 0.29) is 67.8 Å². The number of hydrogen-bond donors (Lipinski definition) is 1. The highest BCUT2D eigenvalue weighted by atomic mass is 32.2. The minimum atomic E-state index is -2.57. The van der Waals surface area contributed by atoms with Gasteiger partial charge in [0, 0.05) is 44.0 Å². The standard InChI is InChI=1S/C59H106O11S4Si2/c1-37(2)50(65-48(61)35-47(70-76(19,20)56(12,13)14)49-42(7)53(62)66-54(49)63)52(64-16)44(60)36-59(73-33-22-34-74-59)43(8)46(69-75(17,18)55(9,10)11)25-23-39(4)51-40(5)28-30-58(68-51)29-27-38(3)45(67-58)26-24-41(6)57(15)71-31-21-32-72-57/h37-41,43-47,50-52,60H,21-36H2,1-20H3/t38-,39-,40+,41+,43-,44-,45+,46+,47-,50-,51+,52+,58-/m1/s1/i36+1,43+1,44+1,46+1. The highest BCUT2D eigenvalue weighted by Crippen LogP contribution is 2.55. The Labute approximate surface area is 481 Å². The van der Waals surface area contributed by atoms with Crippen molar-refractivity contribution in [2.75, 3.05) is 30.1 Å². The maximum absolute atomic E-state index is 14.2. The predicted molar refractivity (Wildman–Crippen MR) is 324 cm³/mol. The second-order valence-corrected chi connectivity index (χ2v) is 43.3. The lowest BCUT2D eigenvalue weighted by atomic mass is 9.80. The van der Waals surface area contributed by atoms with Crippen LogP contribution < -0.4 is 0 Å². The summed E-state index contributed by atoms with van der Waals surface area (Å²) in [6.07, 6.45) is 7.23. The van der Waals surface area contributed by atoms with Crippen molar-refractivity contribution in [3.63, 3.8) is 0 Å². The molecule has 0 aromatic carbocycles. The SMILES string of the molecule is CO[C@H]([C@H](OC(=O)C[C@@H](O[Si](C)(C)C(C)(C)C)C1=C(C)C(=O)OC1=O)C(C)C)[13C@H](O)[13CH2]C1([13C@H](C)[13C@H](CC[C@@H](C)[C@@H]2O[C@]3(CC[C@@H](C)[C@H](CC[C@H](C)C4(C)SCCCS4)O3)CC[C@@H]2C)O[Si](C)(C)C(C)(C)C)SCCCS1. The van der Waals surface area contributed by atoms with Gasteiger partial charge in [0.05, 0.1) is 44.6 Å². The molecule has 5 heterocycles. The fourth-order valence-electron chi connectivity index (χ4n) is 11.5. The largest absolute Gasteiger partial charge is 0.459 e. The molecule has 0 amide bonds. The number of aliphatic hydroxyl groups is 1. The van der Waals surface area contributed by atoms with Gasteiger partial charge in [0.1, 0.15) is 12.2 Å². The van der Waals surface area contributed by atoms with Crippen molar-refractivity contribution in [2.45, 2.75) is 274 Å². The number of rotatable bonds is 24. The molecule has 0 radical (unpaired) electrons. The van der Waals surface area contributed by atoms with Crippen LogP contribution >= 0.6 is 47.0 Å². The van der Waals surface area contributed by atoms with Gasteiger partial charge in [-0.3, -0.25) is 4.79 Å². The molecule has 4 fully saturated rings. The minimum Gasteiger partial charge on any atom is -0.459 e. The quantitative estimate of drug-likeness (QED) is 0.0425. The molecule has 4 saturated heterocycles. The van der Waals surface area contributed by atoms with Crippen LogP contribution in [0.2, 0.25) is 36.3 Å². The van der Waals surface area contributed by atoms with Crippen molar-refractivity contribution >= 4 is 81.6 Å². The number of cyclic esters (lactones) is 2. The van der Waals surface area contributed by atoms with Gasteiger partial charge in [0.25, 0.3) is 0 Å². The van der Waals surface area contributed by atoms with Crippen LogP contribution in [0.5, 0.6) is 0 Å². The molecular formula is C59H106O11S4Si2. The van der Waals surface area contributed by atoms with Gasteiger partial charge in [-0.25, -0.2) is 9.59 Å². The lowest BCUT2D eigenvalue weighted by molar-refractivity contribution is -0.338. The van der Waals surface area contributed by atoms with Crippen LogP contribution in [0, 0.1) is 35.5 Å². The number of thioether (sulfide) groups is 4. The summed E-state index contributed by atoms with van der Waals surface area (Å²) in [6.45, 7) is 41.8. The van der Waals surface area contributed by atoms with Crippen LogP contribution in [0.1, 0.15) is 181 Å². The molecule has 0 aromatic rings. The monoisotopic (exact) mass is 1180 g/mol. The summed E-state index contributed by atoms with van der Waals surface area (Å²) in [7, 11) is -3.28. The number of esters is 3. The van der Waals surface area contributed by atoms with Gasteiger partial charge < -0.3 is 37.6 Å². The van der Waals surface area contributed by atoms with Crippen molar-refractivity contribution < 1.29 is 52.0 Å². The summed E-state index contributed by atoms with van der Waals surface area (Å²) < 4.78 is 46.3. The summed E-state index contributed by atoms with van der Waals surface area (Å²) in [4.78, 5) is 39.9. The molecule has 5 aliphatic heterocycles. The third-order valence-electron chi connectivity index (χ3n) is 19.1. The number of carbonyl (C=O) groups excluding carboxylic acids is 3. The Morgan fingerprint density at radius 1 is 0.776 bits per heavy atom. The van der Waals surface area contributed by atoms with E-state index in [1.807, 2.05) is 50.5 Å². The zero-order chi connectivity index (χ0) is 57.0. The van der Waals surface area contributed by atoms with Gasteiger partial charge in [-0.05, 0) is 154 Å². The first kappa shape index (κ1) is 66.7. The van der Waals surface area contributed by atoms with Crippen LogP contribution in [0.25, 0.3) is 0 Å². The van der Waals surface area contributed by atoms with Crippen LogP contribution in [0.3, 0.4) is 0 Å². The molecule has 76 heavy (non-hydrogen) atoms. The topological polar surface area (TPSA) is 136 Å². The summed E-state index contributed by atoms with van der Waals surface area (Å²) in [5.74, 6) is 3.47. The Morgan fingerprint density at radius 3 is 1.86 bits per heavy atom. The Hall–Kier alpha value is -0.0562. The Balaban J connectivity index is 1.34. The molecule has 5 rings (SSSR count).